The van der Waals surface area contributed by atoms with Gasteiger partial charge in [-0.15, -0.1) is 0 Å². The van der Waals surface area contributed by atoms with Crippen LogP contribution in [0.3, 0.4) is 0 Å². The van der Waals surface area contributed by atoms with Gasteiger partial charge in [0.25, 0.3) is 0 Å². The number of piperazine rings is 1. The molecule has 2 heterocycles. The van der Waals surface area contributed by atoms with Gasteiger partial charge in [-0.3, -0.25) is 0 Å². The molecule has 3 N–H and O–H groups in total. The Balaban J connectivity index is 1.37. The minimum absolute atomic E-state index is 0.897. The zero-order chi connectivity index (χ0) is 18.6. The van der Waals surface area contributed by atoms with Crippen LogP contribution in [-0.4, -0.2) is 45.4 Å². The third-order valence-corrected chi connectivity index (χ3v) is 5.71. The van der Waals surface area contributed by atoms with Crippen LogP contribution in [-0.2, 0) is 13.1 Å². The number of H-pyrrole nitrogens is 1. The number of rotatable bonds is 6. The quantitative estimate of drug-likeness (QED) is 0.600. The molecule has 0 spiro atoms. The molecule has 1 aliphatic heterocycles. The number of aromatic nitrogens is 1. The molecule has 0 unspecified atom stereocenters. The van der Waals surface area contributed by atoms with Crippen molar-refractivity contribution in [1.82, 2.24) is 4.98 Å². The lowest BCUT2D eigenvalue weighted by atomic mass is 10.1. The van der Waals surface area contributed by atoms with E-state index in [0.717, 1.165) is 24.6 Å². The Morgan fingerprint density at radius 1 is 0.852 bits per heavy atom. The fourth-order valence-electron chi connectivity index (χ4n) is 4.15. The van der Waals surface area contributed by atoms with Gasteiger partial charge in [-0.05, 0) is 24.3 Å². The van der Waals surface area contributed by atoms with Crippen molar-refractivity contribution < 1.29 is 19.3 Å². The molecule has 4 rings (SSSR count). The first-order chi connectivity index (χ1) is 13.3. The first-order valence-electron chi connectivity index (χ1n) is 9.70. The molecule has 1 fully saturated rings. The van der Waals surface area contributed by atoms with Crippen LogP contribution in [0.2, 0.25) is 0 Å². The second-order valence-electron chi connectivity index (χ2n) is 7.39. The van der Waals surface area contributed by atoms with Crippen LogP contribution in [0.25, 0.3) is 10.9 Å². The normalized spacial score (nSPS) is 19.9. The van der Waals surface area contributed by atoms with Crippen molar-refractivity contribution in [2.75, 3.05) is 40.4 Å². The van der Waals surface area contributed by atoms with Crippen molar-refractivity contribution in [3.63, 3.8) is 0 Å². The van der Waals surface area contributed by atoms with Gasteiger partial charge in [-0.1, -0.05) is 18.2 Å². The predicted molar refractivity (Wildman–Crippen MR) is 107 cm³/mol. The Kier molecular flexibility index (Phi) is 5.32. The number of hydrogen-bond acceptors (Lipinski definition) is 2. The van der Waals surface area contributed by atoms with E-state index in [0.29, 0.717) is 0 Å². The number of methoxy groups -OCH3 is 2. The summed E-state index contributed by atoms with van der Waals surface area (Å²) >= 11 is 0. The van der Waals surface area contributed by atoms with Gasteiger partial charge in [0.2, 0.25) is 0 Å². The first-order valence-corrected chi connectivity index (χ1v) is 9.70. The molecule has 2 aromatic carbocycles. The number of aromatic amines is 1. The van der Waals surface area contributed by atoms with Crippen LogP contribution in [0.4, 0.5) is 0 Å². The standard InChI is InChI=1S/C22H27N3O2/c1-26-19-7-8-22(27-2)17(13-19)15-24-9-11-25(12-10-24)16-18-14-23-21-6-4-3-5-20(18)21/h3-8,13-14,23H,9-12,15-16H2,1-2H3/p+2. The minimum Gasteiger partial charge on any atom is -0.497 e. The average molecular weight is 367 g/mol. The molecule has 0 aliphatic carbocycles. The summed E-state index contributed by atoms with van der Waals surface area (Å²) in [4.78, 5) is 6.68. The zero-order valence-electron chi connectivity index (χ0n) is 16.2. The van der Waals surface area contributed by atoms with Gasteiger partial charge in [0, 0.05) is 22.7 Å². The predicted octanol–water partition coefficient (Wildman–Crippen LogP) is 0.669. The van der Waals surface area contributed by atoms with Gasteiger partial charge >= 0.3 is 0 Å². The lowest BCUT2D eigenvalue weighted by molar-refractivity contribution is -1.02. The van der Waals surface area contributed by atoms with Crippen LogP contribution >= 0.6 is 0 Å². The highest BCUT2D eigenvalue weighted by atomic mass is 16.5. The largest absolute Gasteiger partial charge is 0.497 e. The van der Waals surface area contributed by atoms with Crippen LogP contribution in [0.5, 0.6) is 11.5 Å². The van der Waals surface area contributed by atoms with E-state index in [1.165, 1.54) is 48.2 Å². The summed E-state index contributed by atoms with van der Waals surface area (Å²) in [6, 6.07) is 14.7. The molecule has 0 radical (unpaired) electrons. The number of ether oxygens (including phenoxy) is 2. The van der Waals surface area contributed by atoms with E-state index in [2.05, 4.69) is 41.5 Å². The van der Waals surface area contributed by atoms with Crippen molar-refractivity contribution in [3.8, 4) is 11.5 Å². The Hall–Kier alpha value is -2.50. The van der Waals surface area contributed by atoms with E-state index in [4.69, 9.17) is 9.47 Å². The van der Waals surface area contributed by atoms with E-state index < -0.39 is 0 Å². The van der Waals surface area contributed by atoms with Crippen molar-refractivity contribution in [2.45, 2.75) is 13.1 Å². The highest BCUT2D eigenvalue weighted by Gasteiger charge is 2.25. The Labute approximate surface area is 160 Å². The highest BCUT2D eigenvalue weighted by molar-refractivity contribution is 5.82. The van der Waals surface area contributed by atoms with E-state index >= 15 is 0 Å². The third kappa shape index (κ3) is 3.94. The summed E-state index contributed by atoms with van der Waals surface area (Å²) in [5.41, 5.74) is 3.90. The van der Waals surface area contributed by atoms with Gasteiger partial charge in [0.05, 0.1) is 19.8 Å². The molecular weight excluding hydrogens is 338 g/mol. The van der Waals surface area contributed by atoms with Gasteiger partial charge in [-0.25, -0.2) is 0 Å². The minimum atomic E-state index is 0.897. The van der Waals surface area contributed by atoms with Crippen molar-refractivity contribution in [3.05, 3.63) is 59.8 Å². The fraction of sp³-hybridized carbons (Fsp3) is 0.364. The summed E-state index contributed by atoms with van der Waals surface area (Å²) in [6.07, 6.45) is 2.18. The second-order valence-corrected chi connectivity index (χ2v) is 7.39. The smallest absolute Gasteiger partial charge is 0.127 e. The molecule has 1 aromatic heterocycles. The number of benzene rings is 2. The number of fused-ring (bicyclic) bond motifs is 1. The molecule has 0 amide bonds. The molecule has 0 bridgehead atoms. The van der Waals surface area contributed by atoms with Crippen LogP contribution in [0, 0.1) is 0 Å². The molecule has 1 saturated heterocycles. The Bertz CT molecular complexity index is 897. The third-order valence-electron chi connectivity index (χ3n) is 5.71. The van der Waals surface area contributed by atoms with Crippen LogP contribution < -0.4 is 19.3 Å². The monoisotopic (exact) mass is 367 g/mol. The number of quaternary nitrogens is 2. The molecule has 3 aromatic rings. The SMILES string of the molecule is COc1ccc(OC)c(C[NH+]2CC[NH+](Cc3c[nH]c4ccccc34)CC2)c1. The Morgan fingerprint density at radius 2 is 1.56 bits per heavy atom. The summed E-state index contributed by atoms with van der Waals surface area (Å²) in [5, 5.41) is 1.36. The van der Waals surface area contributed by atoms with Crippen LogP contribution in [0.15, 0.2) is 48.7 Å². The highest BCUT2D eigenvalue weighted by Crippen LogP contribution is 2.23. The topological polar surface area (TPSA) is 43.1 Å². The molecule has 27 heavy (non-hydrogen) atoms. The fourth-order valence-corrected chi connectivity index (χ4v) is 4.15. The van der Waals surface area contributed by atoms with E-state index in [9.17, 15) is 0 Å². The molecule has 0 atom stereocenters. The van der Waals surface area contributed by atoms with E-state index in [1.807, 2.05) is 12.1 Å². The van der Waals surface area contributed by atoms with Crippen molar-refractivity contribution in [2.24, 2.45) is 0 Å². The summed E-state index contributed by atoms with van der Waals surface area (Å²) in [7, 11) is 3.45. The van der Waals surface area contributed by atoms with E-state index in [1.54, 1.807) is 24.0 Å². The van der Waals surface area contributed by atoms with Crippen molar-refractivity contribution in [1.29, 1.82) is 0 Å². The maximum atomic E-state index is 5.54. The average Bonchev–Trinajstić information content (AvgIpc) is 3.12. The summed E-state index contributed by atoms with van der Waals surface area (Å²) in [6.45, 7) is 6.83. The molecule has 142 valence electrons. The second kappa shape index (κ2) is 8.03. The summed E-state index contributed by atoms with van der Waals surface area (Å²) in [5.74, 6) is 1.85. The maximum Gasteiger partial charge on any atom is 0.127 e. The molecular formula is C22H29N3O2+2. The maximum absolute atomic E-state index is 5.54. The lowest BCUT2D eigenvalue weighted by Gasteiger charge is -2.30. The Morgan fingerprint density at radius 3 is 2.26 bits per heavy atom. The first kappa shape index (κ1) is 17.9. The molecule has 0 saturated carbocycles. The molecule has 5 heteroatoms. The molecule has 5 nitrogen and oxygen atoms in total. The van der Waals surface area contributed by atoms with Gasteiger partial charge in [0.1, 0.15) is 50.8 Å². The number of hydrogen-bond donors (Lipinski definition) is 3. The van der Waals surface area contributed by atoms with Gasteiger partial charge < -0.3 is 24.3 Å². The van der Waals surface area contributed by atoms with Gasteiger partial charge in [0.15, 0.2) is 0 Å². The zero-order valence-corrected chi connectivity index (χ0v) is 16.2. The number of para-hydroxylation sites is 1. The van der Waals surface area contributed by atoms with Crippen LogP contribution in [0.1, 0.15) is 11.1 Å². The molecule has 1 aliphatic rings. The lowest BCUT2D eigenvalue weighted by Crippen LogP contribution is -3.27. The van der Waals surface area contributed by atoms with Crippen molar-refractivity contribution >= 4 is 10.9 Å². The summed E-state index contributed by atoms with van der Waals surface area (Å²) < 4.78 is 10.9. The van der Waals surface area contributed by atoms with Gasteiger partial charge in [-0.2, -0.15) is 0 Å². The van der Waals surface area contributed by atoms with E-state index in [-0.39, 0.29) is 0 Å². The number of nitrogens with one attached hydrogen (secondary N) is 3.